The van der Waals surface area contributed by atoms with E-state index >= 15 is 0 Å². The average molecular weight is 550 g/mol. The second-order valence-corrected chi connectivity index (χ2v) is 8.75. The van der Waals surface area contributed by atoms with Crippen LogP contribution < -0.4 is 10.6 Å². The maximum absolute atomic E-state index is 4.43. The van der Waals surface area contributed by atoms with Crippen molar-refractivity contribution >= 4 is 29.9 Å². The van der Waals surface area contributed by atoms with E-state index in [-0.39, 0.29) is 24.0 Å². The summed E-state index contributed by atoms with van der Waals surface area (Å²) in [6.07, 6.45) is 1.02. The summed E-state index contributed by atoms with van der Waals surface area (Å²) in [6, 6.07) is 21.6. The highest BCUT2D eigenvalue weighted by Crippen LogP contribution is 2.27. The van der Waals surface area contributed by atoms with Crippen molar-refractivity contribution in [3.05, 3.63) is 71.8 Å². The number of aliphatic imine (C=N–C) groups is 1. The summed E-state index contributed by atoms with van der Waals surface area (Å²) in [5, 5.41) is 7.05. The largest absolute Gasteiger partial charge is 0.356 e. The lowest BCUT2D eigenvalue weighted by Crippen LogP contribution is -2.47. The molecule has 1 aliphatic rings. The minimum absolute atomic E-state index is 0. The number of nitrogens with one attached hydrogen (secondary N) is 2. The lowest BCUT2D eigenvalue weighted by Gasteiger charge is -2.34. The molecule has 1 saturated heterocycles. The molecule has 0 saturated carbocycles. The van der Waals surface area contributed by atoms with Crippen LogP contribution in [0.15, 0.2) is 65.7 Å². The molecule has 0 radical (unpaired) electrons. The normalized spacial score (nSPS) is 16.4. The van der Waals surface area contributed by atoms with Crippen LogP contribution in [-0.4, -0.2) is 75.7 Å². The van der Waals surface area contributed by atoms with Crippen LogP contribution in [0.4, 0.5) is 0 Å². The van der Waals surface area contributed by atoms with E-state index < -0.39 is 0 Å². The zero-order valence-electron chi connectivity index (χ0n) is 19.8. The van der Waals surface area contributed by atoms with Gasteiger partial charge in [-0.1, -0.05) is 67.6 Å². The van der Waals surface area contributed by atoms with Gasteiger partial charge in [0.25, 0.3) is 0 Å². The van der Waals surface area contributed by atoms with Crippen LogP contribution >= 0.6 is 24.0 Å². The molecule has 0 bridgehead atoms. The number of guanidine groups is 1. The van der Waals surface area contributed by atoms with Crippen LogP contribution in [0.2, 0.25) is 0 Å². The fraction of sp³-hybridized carbons (Fsp3) is 0.500. The summed E-state index contributed by atoms with van der Waals surface area (Å²) < 4.78 is 0. The summed E-state index contributed by atoms with van der Waals surface area (Å²) in [4.78, 5) is 9.42. The molecule has 32 heavy (non-hydrogen) atoms. The molecule has 176 valence electrons. The fourth-order valence-corrected chi connectivity index (χ4v) is 4.26. The summed E-state index contributed by atoms with van der Waals surface area (Å²) >= 11 is 0. The van der Waals surface area contributed by atoms with E-state index in [0.29, 0.717) is 11.8 Å². The van der Waals surface area contributed by atoms with Crippen LogP contribution in [0.25, 0.3) is 0 Å². The van der Waals surface area contributed by atoms with Gasteiger partial charge in [0.2, 0.25) is 0 Å². The highest BCUT2D eigenvalue weighted by Gasteiger charge is 2.17. The molecular formula is C26H40IN5. The Kier molecular flexibility index (Phi) is 12.1. The summed E-state index contributed by atoms with van der Waals surface area (Å²) in [7, 11) is 4.06. The smallest absolute Gasteiger partial charge is 0.190 e. The molecule has 6 heteroatoms. The van der Waals surface area contributed by atoms with Crippen LogP contribution in [0, 0.1) is 5.92 Å². The van der Waals surface area contributed by atoms with Gasteiger partial charge in [0.1, 0.15) is 0 Å². The topological polar surface area (TPSA) is 42.9 Å². The van der Waals surface area contributed by atoms with Gasteiger partial charge in [-0.15, -0.1) is 24.0 Å². The predicted molar refractivity (Wildman–Crippen MR) is 147 cm³/mol. The number of halogens is 1. The third-order valence-corrected chi connectivity index (χ3v) is 6.14. The Bertz CT molecular complexity index is 736. The molecule has 2 aromatic rings. The third-order valence-electron chi connectivity index (χ3n) is 6.14. The Morgan fingerprint density at radius 1 is 0.906 bits per heavy atom. The Morgan fingerprint density at radius 3 is 2.00 bits per heavy atom. The van der Waals surface area contributed by atoms with Gasteiger partial charge in [-0.3, -0.25) is 4.99 Å². The van der Waals surface area contributed by atoms with Crippen LogP contribution in [0.1, 0.15) is 30.4 Å². The van der Waals surface area contributed by atoms with E-state index in [1.165, 1.54) is 37.3 Å². The molecule has 1 heterocycles. The first-order chi connectivity index (χ1) is 15.2. The van der Waals surface area contributed by atoms with Crippen LogP contribution in [0.3, 0.4) is 0 Å². The molecule has 2 N–H and O–H groups in total. The monoisotopic (exact) mass is 549 g/mol. The van der Waals surface area contributed by atoms with Crippen molar-refractivity contribution in [3.63, 3.8) is 0 Å². The van der Waals surface area contributed by atoms with Crippen molar-refractivity contribution in [1.82, 2.24) is 20.4 Å². The second kappa shape index (κ2) is 14.5. The van der Waals surface area contributed by atoms with Crippen LogP contribution in [0.5, 0.6) is 0 Å². The predicted octanol–water partition coefficient (Wildman–Crippen LogP) is 3.88. The van der Waals surface area contributed by atoms with Crippen LogP contribution in [-0.2, 0) is 0 Å². The minimum atomic E-state index is 0. The number of hydrogen-bond donors (Lipinski definition) is 2. The molecule has 0 aliphatic carbocycles. The van der Waals surface area contributed by atoms with Gasteiger partial charge >= 0.3 is 0 Å². The van der Waals surface area contributed by atoms with Gasteiger partial charge < -0.3 is 20.4 Å². The lowest BCUT2D eigenvalue weighted by molar-refractivity contribution is 0.139. The van der Waals surface area contributed by atoms with Gasteiger partial charge in [-0.05, 0) is 30.5 Å². The number of nitrogens with zero attached hydrogens (tertiary/aromatic N) is 3. The van der Waals surface area contributed by atoms with E-state index in [4.69, 9.17) is 0 Å². The standard InChI is InChI=1S/C26H39N5.HI/c1-22(21-31-18-16-30(3)17-19-31)20-29-26(27-2)28-15-14-25(23-10-6-4-7-11-23)24-12-8-5-9-13-24;/h4-13,22,25H,14-21H2,1-3H3,(H2,27,28,29);1H. The van der Waals surface area contributed by atoms with E-state index in [9.17, 15) is 0 Å². The Labute approximate surface area is 211 Å². The second-order valence-electron chi connectivity index (χ2n) is 8.75. The Hall–Kier alpha value is -1.64. The average Bonchev–Trinajstić information content (AvgIpc) is 2.81. The van der Waals surface area contributed by atoms with Crippen molar-refractivity contribution in [3.8, 4) is 0 Å². The van der Waals surface area contributed by atoms with Crippen molar-refractivity contribution in [1.29, 1.82) is 0 Å². The Balaban J connectivity index is 0.00000363. The number of piperazine rings is 1. The molecule has 0 aromatic heterocycles. The van der Waals surface area contributed by atoms with Crippen molar-refractivity contribution < 1.29 is 0 Å². The highest BCUT2D eigenvalue weighted by atomic mass is 127. The summed E-state index contributed by atoms with van der Waals surface area (Å²) in [5.41, 5.74) is 2.72. The molecule has 5 nitrogen and oxygen atoms in total. The lowest BCUT2D eigenvalue weighted by atomic mass is 9.88. The van der Waals surface area contributed by atoms with Crippen molar-refractivity contribution in [2.75, 3.05) is 59.9 Å². The van der Waals surface area contributed by atoms with Crippen molar-refractivity contribution in [2.24, 2.45) is 10.9 Å². The summed E-state index contributed by atoms with van der Waals surface area (Å²) in [6.45, 7) is 9.97. The van der Waals surface area contributed by atoms with Gasteiger partial charge in [-0.2, -0.15) is 0 Å². The number of likely N-dealkylation sites (N-methyl/N-ethyl adjacent to an activating group) is 1. The molecule has 3 rings (SSSR count). The molecule has 2 aromatic carbocycles. The number of rotatable bonds is 9. The molecule has 1 atom stereocenters. The zero-order chi connectivity index (χ0) is 21.9. The van der Waals surface area contributed by atoms with Gasteiger partial charge in [0, 0.05) is 58.8 Å². The van der Waals surface area contributed by atoms with Gasteiger partial charge in [0.05, 0.1) is 0 Å². The van der Waals surface area contributed by atoms with Gasteiger partial charge in [-0.25, -0.2) is 0 Å². The van der Waals surface area contributed by atoms with E-state index in [1.807, 2.05) is 7.05 Å². The highest BCUT2D eigenvalue weighted by molar-refractivity contribution is 14.0. The first-order valence-electron chi connectivity index (χ1n) is 11.6. The first kappa shape index (κ1) is 26.6. The van der Waals surface area contributed by atoms with Gasteiger partial charge in [0.15, 0.2) is 5.96 Å². The minimum Gasteiger partial charge on any atom is -0.356 e. The first-order valence-corrected chi connectivity index (χ1v) is 11.6. The van der Waals surface area contributed by atoms with E-state index in [1.54, 1.807) is 0 Å². The fourth-order valence-electron chi connectivity index (χ4n) is 4.26. The molecule has 0 amide bonds. The third kappa shape index (κ3) is 8.71. The maximum atomic E-state index is 4.43. The Morgan fingerprint density at radius 2 is 1.47 bits per heavy atom. The van der Waals surface area contributed by atoms with E-state index in [0.717, 1.165) is 32.0 Å². The maximum Gasteiger partial charge on any atom is 0.190 e. The number of hydrogen-bond acceptors (Lipinski definition) is 3. The van der Waals surface area contributed by atoms with E-state index in [2.05, 4.69) is 100 Å². The molecule has 0 spiro atoms. The SMILES string of the molecule is CN=C(NCCC(c1ccccc1)c1ccccc1)NCC(C)CN1CCN(C)CC1.I. The molecule has 1 fully saturated rings. The number of benzene rings is 2. The molecular weight excluding hydrogens is 509 g/mol. The molecule has 1 aliphatic heterocycles. The summed E-state index contributed by atoms with van der Waals surface area (Å²) in [5.74, 6) is 1.86. The van der Waals surface area contributed by atoms with Crippen molar-refractivity contribution in [2.45, 2.75) is 19.3 Å². The molecule has 1 unspecified atom stereocenters. The quantitative estimate of drug-likeness (QED) is 0.283. The zero-order valence-corrected chi connectivity index (χ0v) is 22.2.